The Morgan fingerprint density at radius 2 is 1.78 bits per heavy atom. The summed E-state index contributed by atoms with van der Waals surface area (Å²) in [6.07, 6.45) is 5.51. The number of hydrogen-bond acceptors (Lipinski definition) is 3. The molecule has 1 aromatic rings. The summed E-state index contributed by atoms with van der Waals surface area (Å²) in [5.41, 5.74) is 0.811. The summed E-state index contributed by atoms with van der Waals surface area (Å²) in [6, 6.07) is 3.75. The van der Waals surface area contributed by atoms with Gasteiger partial charge in [-0.05, 0) is 25.0 Å². The van der Waals surface area contributed by atoms with Gasteiger partial charge in [-0.1, -0.05) is 38.3 Å². The van der Waals surface area contributed by atoms with E-state index in [1.165, 1.54) is 0 Å². The van der Waals surface area contributed by atoms with Crippen LogP contribution in [0.2, 0.25) is 5.15 Å². The number of aromatic nitrogens is 1. The molecule has 0 spiro atoms. The first-order chi connectivity index (χ1) is 8.79. The Labute approximate surface area is 114 Å². The Kier molecular flexibility index (Phi) is 7.98. The fourth-order valence-electron chi connectivity index (χ4n) is 1.47. The van der Waals surface area contributed by atoms with Crippen LogP contribution in [0, 0.1) is 0 Å². The number of ether oxygens (including phenoxy) is 2. The lowest BCUT2D eigenvalue weighted by atomic mass is 10.2. The molecule has 0 saturated carbocycles. The van der Waals surface area contributed by atoms with Crippen LogP contribution in [-0.2, 0) is 9.47 Å². The minimum absolute atomic E-state index is 0.399. The van der Waals surface area contributed by atoms with Crippen molar-refractivity contribution >= 4 is 11.6 Å². The van der Waals surface area contributed by atoms with Crippen molar-refractivity contribution in [2.24, 2.45) is 0 Å². The fraction of sp³-hybridized carbons (Fsp3) is 0.643. The molecule has 0 aromatic carbocycles. The second kappa shape index (κ2) is 9.31. The van der Waals surface area contributed by atoms with Crippen LogP contribution in [0.15, 0.2) is 18.3 Å². The molecule has 0 aliphatic heterocycles. The number of pyridine rings is 1. The molecule has 1 rings (SSSR count). The van der Waals surface area contributed by atoms with E-state index in [1.807, 2.05) is 12.1 Å². The molecule has 0 unspecified atom stereocenters. The van der Waals surface area contributed by atoms with Gasteiger partial charge in [-0.25, -0.2) is 4.98 Å². The highest BCUT2D eigenvalue weighted by molar-refractivity contribution is 6.30. The van der Waals surface area contributed by atoms with Crippen molar-refractivity contribution in [1.82, 2.24) is 4.98 Å². The molecule has 0 atom stereocenters. The molecule has 0 saturated heterocycles. The van der Waals surface area contributed by atoms with Crippen LogP contribution in [0.1, 0.15) is 51.4 Å². The van der Waals surface area contributed by atoms with Gasteiger partial charge in [0.25, 0.3) is 0 Å². The number of nitrogens with zero attached hydrogens (tertiary/aromatic N) is 1. The molecule has 0 bridgehead atoms. The normalized spacial score (nSPS) is 11.1. The fourth-order valence-corrected chi connectivity index (χ4v) is 1.68. The molecule has 0 fully saturated rings. The maximum Gasteiger partial charge on any atom is 0.186 e. The highest BCUT2D eigenvalue weighted by Crippen LogP contribution is 2.25. The van der Waals surface area contributed by atoms with Gasteiger partial charge >= 0.3 is 0 Å². The van der Waals surface area contributed by atoms with E-state index < -0.39 is 6.29 Å². The molecule has 0 amide bonds. The van der Waals surface area contributed by atoms with Crippen molar-refractivity contribution < 1.29 is 9.47 Å². The van der Waals surface area contributed by atoms with Gasteiger partial charge in [0.15, 0.2) is 6.29 Å². The molecule has 102 valence electrons. The van der Waals surface area contributed by atoms with Gasteiger partial charge in [0.05, 0.1) is 13.2 Å². The van der Waals surface area contributed by atoms with E-state index in [2.05, 4.69) is 18.8 Å². The summed E-state index contributed by atoms with van der Waals surface area (Å²) in [5, 5.41) is 0.454. The van der Waals surface area contributed by atoms with Gasteiger partial charge in [0.1, 0.15) is 5.15 Å². The standard InChI is InChI=1S/C14H22ClNO2/c1-3-5-10-17-14(18-11-6-4-2)12-8-7-9-16-13(12)15/h7-9,14H,3-6,10-11H2,1-2H3. The molecule has 4 heteroatoms. The summed E-state index contributed by atoms with van der Waals surface area (Å²) in [4.78, 5) is 4.06. The summed E-state index contributed by atoms with van der Waals surface area (Å²) in [5.74, 6) is 0. The van der Waals surface area contributed by atoms with Crippen molar-refractivity contribution in [3.8, 4) is 0 Å². The Bertz CT molecular complexity index is 323. The summed E-state index contributed by atoms with van der Waals surface area (Å²) in [6.45, 7) is 5.62. The molecule has 0 N–H and O–H groups in total. The van der Waals surface area contributed by atoms with E-state index in [0.29, 0.717) is 18.4 Å². The van der Waals surface area contributed by atoms with Crippen molar-refractivity contribution in [2.75, 3.05) is 13.2 Å². The number of rotatable bonds is 9. The van der Waals surface area contributed by atoms with Gasteiger partial charge < -0.3 is 9.47 Å². The molecular weight excluding hydrogens is 250 g/mol. The zero-order valence-corrected chi connectivity index (χ0v) is 11.9. The maximum atomic E-state index is 6.07. The molecule has 3 nitrogen and oxygen atoms in total. The van der Waals surface area contributed by atoms with Crippen LogP contribution < -0.4 is 0 Å². The number of halogens is 1. The Hall–Kier alpha value is -0.640. The van der Waals surface area contributed by atoms with E-state index in [1.54, 1.807) is 6.20 Å². The quantitative estimate of drug-likeness (QED) is 0.380. The van der Waals surface area contributed by atoms with Crippen LogP contribution in [0.25, 0.3) is 0 Å². The molecule has 1 aromatic heterocycles. The third kappa shape index (κ3) is 5.34. The first-order valence-corrected chi connectivity index (χ1v) is 7.01. The molecular formula is C14H22ClNO2. The van der Waals surface area contributed by atoms with Gasteiger partial charge in [0.2, 0.25) is 0 Å². The van der Waals surface area contributed by atoms with Gasteiger partial charge in [-0.15, -0.1) is 0 Å². The van der Waals surface area contributed by atoms with E-state index >= 15 is 0 Å². The minimum Gasteiger partial charge on any atom is -0.348 e. The van der Waals surface area contributed by atoms with E-state index in [-0.39, 0.29) is 0 Å². The lowest BCUT2D eigenvalue weighted by Crippen LogP contribution is -2.12. The van der Waals surface area contributed by atoms with Crippen LogP contribution in [-0.4, -0.2) is 18.2 Å². The second-order valence-corrected chi connectivity index (χ2v) is 4.52. The predicted octanol–water partition coefficient (Wildman–Crippen LogP) is 4.37. The minimum atomic E-state index is -0.399. The summed E-state index contributed by atoms with van der Waals surface area (Å²) >= 11 is 6.07. The monoisotopic (exact) mass is 271 g/mol. The highest BCUT2D eigenvalue weighted by atomic mass is 35.5. The van der Waals surface area contributed by atoms with Crippen molar-refractivity contribution in [1.29, 1.82) is 0 Å². The third-order valence-electron chi connectivity index (χ3n) is 2.58. The zero-order chi connectivity index (χ0) is 13.2. The first kappa shape index (κ1) is 15.4. The van der Waals surface area contributed by atoms with E-state index in [0.717, 1.165) is 31.2 Å². The molecule has 1 heterocycles. The Morgan fingerprint density at radius 1 is 1.17 bits per heavy atom. The van der Waals surface area contributed by atoms with Gasteiger partial charge in [0, 0.05) is 11.8 Å². The lowest BCUT2D eigenvalue weighted by molar-refractivity contribution is -0.148. The number of hydrogen-bond donors (Lipinski definition) is 0. The van der Waals surface area contributed by atoms with Crippen molar-refractivity contribution in [2.45, 2.75) is 45.8 Å². The Balaban J connectivity index is 2.60. The van der Waals surface area contributed by atoms with Crippen LogP contribution in [0.3, 0.4) is 0 Å². The van der Waals surface area contributed by atoms with E-state index in [4.69, 9.17) is 21.1 Å². The molecule has 0 aliphatic carbocycles. The van der Waals surface area contributed by atoms with Crippen LogP contribution >= 0.6 is 11.6 Å². The topological polar surface area (TPSA) is 31.4 Å². The molecule has 0 radical (unpaired) electrons. The van der Waals surface area contributed by atoms with Crippen molar-refractivity contribution in [3.05, 3.63) is 29.0 Å². The summed E-state index contributed by atoms with van der Waals surface area (Å²) in [7, 11) is 0. The predicted molar refractivity (Wildman–Crippen MR) is 73.7 cm³/mol. The molecule has 18 heavy (non-hydrogen) atoms. The zero-order valence-electron chi connectivity index (χ0n) is 11.2. The lowest BCUT2D eigenvalue weighted by Gasteiger charge is -2.19. The van der Waals surface area contributed by atoms with Crippen LogP contribution in [0.5, 0.6) is 0 Å². The smallest absolute Gasteiger partial charge is 0.186 e. The van der Waals surface area contributed by atoms with Gasteiger partial charge in [-0.3, -0.25) is 0 Å². The second-order valence-electron chi connectivity index (χ2n) is 4.16. The highest BCUT2D eigenvalue weighted by Gasteiger charge is 2.16. The van der Waals surface area contributed by atoms with Crippen LogP contribution in [0.4, 0.5) is 0 Å². The van der Waals surface area contributed by atoms with Gasteiger partial charge in [-0.2, -0.15) is 0 Å². The summed E-state index contributed by atoms with van der Waals surface area (Å²) < 4.78 is 11.5. The van der Waals surface area contributed by atoms with E-state index in [9.17, 15) is 0 Å². The third-order valence-corrected chi connectivity index (χ3v) is 2.89. The molecule has 0 aliphatic rings. The Morgan fingerprint density at radius 3 is 2.28 bits per heavy atom. The largest absolute Gasteiger partial charge is 0.348 e. The van der Waals surface area contributed by atoms with Crippen molar-refractivity contribution in [3.63, 3.8) is 0 Å². The average Bonchev–Trinajstić information content (AvgIpc) is 2.38. The maximum absolute atomic E-state index is 6.07. The average molecular weight is 272 g/mol. The number of unbranched alkanes of at least 4 members (excludes halogenated alkanes) is 2. The first-order valence-electron chi connectivity index (χ1n) is 6.63. The SMILES string of the molecule is CCCCOC(OCCCC)c1cccnc1Cl.